The van der Waals surface area contributed by atoms with Gasteiger partial charge in [0.15, 0.2) is 5.96 Å². The topological polar surface area (TPSA) is 58.1 Å². The number of methoxy groups -OCH3 is 1. The van der Waals surface area contributed by atoms with Gasteiger partial charge in [-0.25, -0.2) is 0 Å². The minimum atomic E-state index is 0.530. The average molecular weight is 399 g/mol. The molecule has 0 fully saturated rings. The van der Waals surface area contributed by atoms with Crippen LogP contribution < -0.4 is 20.3 Å². The maximum Gasteiger partial charge on any atom is 0.191 e. The molecule has 158 valence electrons. The first-order chi connectivity index (χ1) is 13.9. The van der Waals surface area contributed by atoms with Crippen molar-refractivity contribution in [1.29, 1.82) is 0 Å². The lowest BCUT2D eigenvalue weighted by atomic mass is 10.1. The fraction of sp³-hybridized carbons (Fsp3) is 0.435. The van der Waals surface area contributed by atoms with E-state index < -0.39 is 0 Å². The van der Waals surface area contributed by atoms with E-state index in [1.165, 1.54) is 22.4 Å². The number of aliphatic imine (C=N–C) groups is 1. The average Bonchev–Trinajstić information content (AvgIpc) is 2.70. The van der Waals surface area contributed by atoms with Crippen LogP contribution in [0.2, 0.25) is 0 Å². The Morgan fingerprint density at radius 2 is 1.66 bits per heavy atom. The third-order valence-corrected chi connectivity index (χ3v) is 4.73. The van der Waals surface area contributed by atoms with Gasteiger partial charge in [0.1, 0.15) is 12.4 Å². The van der Waals surface area contributed by atoms with E-state index in [4.69, 9.17) is 9.47 Å². The number of hydrogen-bond acceptors (Lipinski definition) is 4. The number of guanidine groups is 1. The van der Waals surface area contributed by atoms with Crippen molar-refractivity contribution in [2.45, 2.75) is 26.9 Å². The van der Waals surface area contributed by atoms with Gasteiger partial charge in [-0.1, -0.05) is 18.2 Å². The standard InChI is InChI=1S/C23H34N4O2/c1-17-7-8-20(22(13-17)29-12-11-28-6)16-26-23(24-3)25-15-19-9-10-21(27(4)5)14-18(19)2/h7-10,13-14H,11-12,15-16H2,1-6H3,(H2,24,25,26). The normalized spacial score (nSPS) is 11.3. The number of aryl methyl sites for hydroxylation is 2. The first-order valence-electron chi connectivity index (χ1n) is 9.87. The Morgan fingerprint density at radius 1 is 0.966 bits per heavy atom. The summed E-state index contributed by atoms with van der Waals surface area (Å²) in [5.74, 6) is 1.63. The second-order valence-electron chi connectivity index (χ2n) is 7.24. The fourth-order valence-corrected chi connectivity index (χ4v) is 2.91. The van der Waals surface area contributed by atoms with Crippen LogP contribution in [-0.2, 0) is 17.8 Å². The second kappa shape index (κ2) is 11.3. The molecular weight excluding hydrogens is 364 g/mol. The Bertz CT molecular complexity index is 819. The van der Waals surface area contributed by atoms with Crippen LogP contribution in [0.4, 0.5) is 5.69 Å². The predicted molar refractivity (Wildman–Crippen MR) is 121 cm³/mol. The van der Waals surface area contributed by atoms with E-state index in [1.807, 2.05) is 0 Å². The zero-order valence-electron chi connectivity index (χ0n) is 18.5. The lowest BCUT2D eigenvalue weighted by molar-refractivity contribution is 0.145. The summed E-state index contributed by atoms with van der Waals surface area (Å²) in [6.45, 7) is 6.63. The Morgan fingerprint density at radius 3 is 2.28 bits per heavy atom. The number of ether oxygens (including phenoxy) is 2. The van der Waals surface area contributed by atoms with E-state index in [9.17, 15) is 0 Å². The van der Waals surface area contributed by atoms with Crippen LogP contribution in [0.15, 0.2) is 41.4 Å². The maximum absolute atomic E-state index is 5.87. The zero-order chi connectivity index (χ0) is 21.2. The van der Waals surface area contributed by atoms with E-state index in [1.54, 1.807) is 14.2 Å². The molecule has 0 heterocycles. The third-order valence-electron chi connectivity index (χ3n) is 4.73. The molecule has 0 aliphatic rings. The van der Waals surface area contributed by atoms with Crippen LogP contribution in [0.1, 0.15) is 22.3 Å². The molecule has 0 bridgehead atoms. The Balaban J connectivity index is 1.96. The molecule has 6 nitrogen and oxygen atoms in total. The van der Waals surface area contributed by atoms with Crippen LogP contribution in [0, 0.1) is 13.8 Å². The molecule has 0 aliphatic heterocycles. The third kappa shape index (κ3) is 6.98. The number of hydrogen-bond donors (Lipinski definition) is 2. The highest BCUT2D eigenvalue weighted by Crippen LogP contribution is 2.20. The maximum atomic E-state index is 5.87. The van der Waals surface area contributed by atoms with Crippen molar-refractivity contribution in [2.75, 3.05) is 46.4 Å². The molecule has 2 N–H and O–H groups in total. The molecule has 0 atom stereocenters. The minimum Gasteiger partial charge on any atom is -0.491 e. The van der Waals surface area contributed by atoms with Crippen molar-refractivity contribution in [1.82, 2.24) is 10.6 Å². The highest BCUT2D eigenvalue weighted by Gasteiger charge is 2.07. The summed E-state index contributed by atoms with van der Waals surface area (Å²) in [6.07, 6.45) is 0. The number of nitrogens with one attached hydrogen (secondary N) is 2. The van der Waals surface area contributed by atoms with E-state index in [0.717, 1.165) is 17.3 Å². The molecule has 0 aliphatic carbocycles. The van der Waals surface area contributed by atoms with Gasteiger partial charge >= 0.3 is 0 Å². The van der Waals surface area contributed by atoms with Crippen molar-refractivity contribution >= 4 is 11.6 Å². The first-order valence-corrected chi connectivity index (χ1v) is 9.87. The molecule has 0 saturated heterocycles. The van der Waals surface area contributed by atoms with Crippen molar-refractivity contribution in [2.24, 2.45) is 4.99 Å². The molecule has 0 unspecified atom stereocenters. The predicted octanol–water partition coefficient (Wildman–Crippen LogP) is 3.26. The van der Waals surface area contributed by atoms with Gasteiger partial charge in [0, 0.05) is 52.6 Å². The van der Waals surface area contributed by atoms with Crippen molar-refractivity contribution < 1.29 is 9.47 Å². The van der Waals surface area contributed by atoms with E-state index in [-0.39, 0.29) is 0 Å². The molecular formula is C23H34N4O2. The van der Waals surface area contributed by atoms with Crippen LogP contribution in [0.5, 0.6) is 5.75 Å². The number of benzene rings is 2. The van der Waals surface area contributed by atoms with Crippen molar-refractivity contribution in [3.63, 3.8) is 0 Å². The summed E-state index contributed by atoms with van der Waals surface area (Å²) in [6, 6.07) is 12.7. The summed E-state index contributed by atoms with van der Waals surface area (Å²) in [5, 5.41) is 6.77. The Labute approximate surface area is 174 Å². The first kappa shape index (κ1) is 22.6. The van der Waals surface area contributed by atoms with Crippen molar-refractivity contribution in [3.05, 3.63) is 58.7 Å². The molecule has 6 heteroatoms. The van der Waals surface area contributed by atoms with Crippen LogP contribution >= 0.6 is 0 Å². The summed E-state index contributed by atoms with van der Waals surface area (Å²) >= 11 is 0. The highest BCUT2D eigenvalue weighted by molar-refractivity contribution is 5.79. The fourth-order valence-electron chi connectivity index (χ4n) is 2.91. The largest absolute Gasteiger partial charge is 0.491 e. The summed E-state index contributed by atoms with van der Waals surface area (Å²) in [5.41, 5.74) is 5.96. The highest BCUT2D eigenvalue weighted by atomic mass is 16.5. The summed E-state index contributed by atoms with van der Waals surface area (Å²) in [7, 11) is 7.56. The minimum absolute atomic E-state index is 0.530. The Kier molecular flexibility index (Phi) is 8.80. The molecule has 0 spiro atoms. The molecule has 2 rings (SSSR count). The SMILES string of the molecule is CN=C(NCc1ccc(N(C)C)cc1C)NCc1ccc(C)cc1OCCOC. The van der Waals surface area contributed by atoms with Crippen LogP contribution in [-0.4, -0.2) is 47.4 Å². The zero-order valence-corrected chi connectivity index (χ0v) is 18.5. The van der Waals surface area contributed by atoms with Gasteiger partial charge < -0.3 is 25.0 Å². The van der Waals surface area contributed by atoms with Gasteiger partial charge in [-0.05, 0) is 48.7 Å². The number of nitrogens with zero attached hydrogens (tertiary/aromatic N) is 2. The van der Waals surface area contributed by atoms with E-state index in [2.05, 4.69) is 84.9 Å². The molecule has 0 aromatic heterocycles. The molecule has 0 saturated carbocycles. The van der Waals surface area contributed by atoms with Gasteiger partial charge in [-0.2, -0.15) is 0 Å². The second-order valence-corrected chi connectivity index (χ2v) is 7.24. The number of anilines is 1. The van der Waals surface area contributed by atoms with Crippen LogP contribution in [0.25, 0.3) is 0 Å². The van der Waals surface area contributed by atoms with Gasteiger partial charge in [-0.15, -0.1) is 0 Å². The van der Waals surface area contributed by atoms with Crippen molar-refractivity contribution in [3.8, 4) is 5.75 Å². The lowest BCUT2D eigenvalue weighted by Crippen LogP contribution is -2.36. The van der Waals surface area contributed by atoms with E-state index in [0.29, 0.717) is 26.3 Å². The molecule has 0 radical (unpaired) electrons. The summed E-state index contributed by atoms with van der Waals surface area (Å²) < 4.78 is 11.0. The van der Waals surface area contributed by atoms with Gasteiger partial charge in [-0.3, -0.25) is 4.99 Å². The van der Waals surface area contributed by atoms with E-state index >= 15 is 0 Å². The van der Waals surface area contributed by atoms with Gasteiger partial charge in [0.2, 0.25) is 0 Å². The van der Waals surface area contributed by atoms with Crippen LogP contribution in [0.3, 0.4) is 0 Å². The molecule has 2 aromatic carbocycles. The monoisotopic (exact) mass is 398 g/mol. The number of rotatable bonds is 9. The summed E-state index contributed by atoms with van der Waals surface area (Å²) in [4.78, 5) is 6.45. The Hall–Kier alpha value is -2.73. The van der Waals surface area contributed by atoms with Gasteiger partial charge in [0.25, 0.3) is 0 Å². The molecule has 29 heavy (non-hydrogen) atoms. The van der Waals surface area contributed by atoms with Gasteiger partial charge in [0.05, 0.1) is 6.61 Å². The smallest absolute Gasteiger partial charge is 0.191 e. The molecule has 2 aromatic rings. The molecule has 0 amide bonds. The quantitative estimate of drug-likeness (QED) is 0.386. The lowest BCUT2D eigenvalue weighted by Gasteiger charge is -2.17.